The first-order chi connectivity index (χ1) is 5.24. The Morgan fingerprint density at radius 2 is 1.91 bits per heavy atom. The highest BCUT2D eigenvalue weighted by Gasteiger charge is 2.21. The molecule has 1 atom stereocenters. The second-order valence-electron chi connectivity index (χ2n) is 2.93. The summed E-state index contributed by atoms with van der Waals surface area (Å²) in [5.41, 5.74) is 0. The molecule has 0 radical (unpaired) electrons. The van der Waals surface area contributed by atoms with Gasteiger partial charge in [-0.05, 0) is 20.5 Å². The van der Waals surface area contributed by atoms with E-state index in [1.165, 1.54) is 13.1 Å². The van der Waals surface area contributed by atoms with Crippen molar-refractivity contribution >= 4 is 0 Å². The molecule has 1 unspecified atom stereocenters. The summed E-state index contributed by atoms with van der Waals surface area (Å²) in [5, 5.41) is 0. The van der Waals surface area contributed by atoms with Gasteiger partial charge in [-0.15, -0.1) is 0 Å². The third kappa shape index (κ3) is 3.21. The van der Waals surface area contributed by atoms with Gasteiger partial charge in [0.25, 0.3) is 0 Å². The zero-order valence-corrected chi connectivity index (χ0v) is 8.59. The molecule has 0 aromatic heterocycles. The standard InChI is InChI=1S/C7H16N2.C2H6/c1-4-9-6-8(3)5-7(9)2;1-2/h7H,4-6H2,1-3H3;1-2H3. The van der Waals surface area contributed by atoms with Crippen molar-refractivity contribution in [3.63, 3.8) is 0 Å². The summed E-state index contributed by atoms with van der Waals surface area (Å²) in [6.45, 7) is 12.1. The third-order valence-corrected chi connectivity index (χ3v) is 2.03. The second kappa shape index (κ2) is 5.56. The summed E-state index contributed by atoms with van der Waals surface area (Å²) in [5.74, 6) is 0. The molecule has 2 heteroatoms. The van der Waals surface area contributed by atoms with Crippen LogP contribution in [0.1, 0.15) is 27.7 Å². The van der Waals surface area contributed by atoms with Crippen molar-refractivity contribution in [3.05, 3.63) is 0 Å². The largest absolute Gasteiger partial charge is 0.292 e. The molecule has 0 spiro atoms. The van der Waals surface area contributed by atoms with E-state index < -0.39 is 0 Å². The molecule has 1 aliphatic rings. The maximum Gasteiger partial charge on any atom is 0.0507 e. The Hall–Kier alpha value is -0.0800. The van der Waals surface area contributed by atoms with Crippen molar-refractivity contribution in [2.45, 2.75) is 33.7 Å². The van der Waals surface area contributed by atoms with Crippen molar-refractivity contribution in [3.8, 4) is 0 Å². The highest BCUT2D eigenvalue weighted by Crippen LogP contribution is 2.08. The number of rotatable bonds is 1. The van der Waals surface area contributed by atoms with Gasteiger partial charge in [0, 0.05) is 12.6 Å². The van der Waals surface area contributed by atoms with Crippen LogP contribution >= 0.6 is 0 Å². The van der Waals surface area contributed by atoms with E-state index in [9.17, 15) is 0 Å². The monoisotopic (exact) mass is 158 g/mol. The van der Waals surface area contributed by atoms with Crippen LogP contribution < -0.4 is 0 Å². The van der Waals surface area contributed by atoms with E-state index in [4.69, 9.17) is 0 Å². The van der Waals surface area contributed by atoms with E-state index in [-0.39, 0.29) is 0 Å². The maximum absolute atomic E-state index is 2.47. The molecule has 0 aromatic rings. The highest BCUT2D eigenvalue weighted by molar-refractivity contribution is 4.75. The predicted molar refractivity (Wildman–Crippen MR) is 50.7 cm³/mol. The molecule has 0 aromatic carbocycles. The summed E-state index contributed by atoms with van der Waals surface area (Å²) in [6.07, 6.45) is 0. The zero-order chi connectivity index (χ0) is 8.85. The van der Waals surface area contributed by atoms with Crippen LogP contribution in [0.15, 0.2) is 0 Å². The number of hydrogen-bond acceptors (Lipinski definition) is 2. The maximum atomic E-state index is 2.47. The fourth-order valence-electron chi connectivity index (χ4n) is 1.49. The minimum Gasteiger partial charge on any atom is -0.292 e. The minimum atomic E-state index is 0.764. The molecule has 1 heterocycles. The zero-order valence-electron chi connectivity index (χ0n) is 8.59. The normalized spacial score (nSPS) is 26.5. The first-order valence-corrected chi connectivity index (χ1v) is 4.66. The van der Waals surface area contributed by atoms with Gasteiger partial charge in [0.2, 0.25) is 0 Å². The van der Waals surface area contributed by atoms with Gasteiger partial charge in [0.05, 0.1) is 6.67 Å². The Balaban J connectivity index is 0.000000461. The van der Waals surface area contributed by atoms with Crippen LogP contribution in [0.4, 0.5) is 0 Å². The molecule has 1 aliphatic heterocycles. The van der Waals surface area contributed by atoms with Crippen LogP contribution in [0.3, 0.4) is 0 Å². The summed E-state index contributed by atoms with van der Waals surface area (Å²) in [4.78, 5) is 4.83. The molecule has 1 fully saturated rings. The Morgan fingerprint density at radius 1 is 1.36 bits per heavy atom. The molecule has 2 nitrogen and oxygen atoms in total. The average molecular weight is 158 g/mol. The smallest absolute Gasteiger partial charge is 0.0507 e. The number of likely N-dealkylation sites (N-methyl/N-ethyl adjacent to an activating group) is 2. The molecule has 0 bridgehead atoms. The van der Waals surface area contributed by atoms with Gasteiger partial charge >= 0.3 is 0 Å². The Labute approximate surface area is 71.2 Å². The lowest BCUT2D eigenvalue weighted by Crippen LogP contribution is -2.27. The van der Waals surface area contributed by atoms with Gasteiger partial charge < -0.3 is 0 Å². The van der Waals surface area contributed by atoms with Crippen molar-refractivity contribution in [1.82, 2.24) is 9.80 Å². The van der Waals surface area contributed by atoms with Crippen molar-refractivity contribution in [2.24, 2.45) is 0 Å². The van der Waals surface area contributed by atoms with Crippen LogP contribution in [0, 0.1) is 0 Å². The van der Waals surface area contributed by atoms with Gasteiger partial charge in [0.15, 0.2) is 0 Å². The van der Waals surface area contributed by atoms with Crippen molar-refractivity contribution in [2.75, 3.05) is 26.8 Å². The molecule has 0 amide bonds. The lowest BCUT2D eigenvalue weighted by Gasteiger charge is -2.16. The van der Waals surface area contributed by atoms with Gasteiger partial charge in [0.1, 0.15) is 0 Å². The molecule has 0 saturated carbocycles. The Bertz CT molecular complexity index is 93.6. The number of nitrogens with zero attached hydrogens (tertiary/aromatic N) is 2. The van der Waals surface area contributed by atoms with Crippen LogP contribution in [0.2, 0.25) is 0 Å². The van der Waals surface area contributed by atoms with Gasteiger partial charge in [-0.25, -0.2) is 0 Å². The fraction of sp³-hybridized carbons (Fsp3) is 1.00. The first kappa shape index (κ1) is 10.9. The van der Waals surface area contributed by atoms with E-state index in [2.05, 4.69) is 30.7 Å². The predicted octanol–water partition coefficient (Wildman–Crippen LogP) is 1.63. The van der Waals surface area contributed by atoms with Crippen LogP contribution in [0.25, 0.3) is 0 Å². The van der Waals surface area contributed by atoms with Gasteiger partial charge in [-0.2, -0.15) is 0 Å². The van der Waals surface area contributed by atoms with E-state index in [1.807, 2.05) is 13.8 Å². The Morgan fingerprint density at radius 3 is 2.09 bits per heavy atom. The molecule has 11 heavy (non-hydrogen) atoms. The second-order valence-corrected chi connectivity index (χ2v) is 2.93. The van der Waals surface area contributed by atoms with E-state index in [0.29, 0.717) is 0 Å². The van der Waals surface area contributed by atoms with E-state index in [0.717, 1.165) is 12.7 Å². The lowest BCUT2D eigenvalue weighted by molar-refractivity contribution is 0.256. The number of hydrogen-bond donors (Lipinski definition) is 0. The van der Waals surface area contributed by atoms with Gasteiger partial charge in [-0.3, -0.25) is 9.80 Å². The summed E-state index contributed by atoms with van der Waals surface area (Å²) in [6, 6.07) is 0.764. The van der Waals surface area contributed by atoms with Crippen molar-refractivity contribution in [1.29, 1.82) is 0 Å². The van der Waals surface area contributed by atoms with E-state index >= 15 is 0 Å². The highest BCUT2D eigenvalue weighted by atomic mass is 15.4. The summed E-state index contributed by atoms with van der Waals surface area (Å²) in [7, 11) is 2.17. The fourth-order valence-corrected chi connectivity index (χ4v) is 1.49. The van der Waals surface area contributed by atoms with Crippen LogP contribution in [-0.4, -0.2) is 42.6 Å². The molecule has 0 N–H and O–H groups in total. The molecule has 1 saturated heterocycles. The topological polar surface area (TPSA) is 6.48 Å². The summed E-state index contributed by atoms with van der Waals surface area (Å²) < 4.78 is 0. The van der Waals surface area contributed by atoms with E-state index in [1.54, 1.807) is 0 Å². The Kier molecular flexibility index (Phi) is 5.51. The molecular formula is C9H22N2. The van der Waals surface area contributed by atoms with Gasteiger partial charge in [-0.1, -0.05) is 20.8 Å². The molecule has 68 valence electrons. The molecule has 1 rings (SSSR count). The van der Waals surface area contributed by atoms with Crippen LogP contribution in [-0.2, 0) is 0 Å². The first-order valence-electron chi connectivity index (χ1n) is 4.66. The molecular weight excluding hydrogens is 136 g/mol. The van der Waals surface area contributed by atoms with Crippen LogP contribution in [0.5, 0.6) is 0 Å². The van der Waals surface area contributed by atoms with Crippen molar-refractivity contribution < 1.29 is 0 Å². The molecule has 0 aliphatic carbocycles. The average Bonchev–Trinajstić information content (AvgIpc) is 2.33. The minimum absolute atomic E-state index is 0.764. The summed E-state index contributed by atoms with van der Waals surface area (Å²) >= 11 is 0. The SMILES string of the molecule is CC.CCN1CN(C)CC1C. The quantitative estimate of drug-likeness (QED) is 0.572. The third-order valence-electron chi connectivity index (χ3n) is 2.03. The lowest BCUT2D eigenvalue weighted by atomic mass is 10.3.